The zero-order chi connectivity index (χ0) is 17.3. The summed E-state index contributed by atoms with van der Waals surface area (Å²) in [6.07, 6.45) is 0. The summed E-state index contributed by atoms with van der Waals surface area (Å²) in [6.45, 7) is 7.94. The Balaban J connectivity index is 2.23. The molecule has 2 rings (SSSR count). The van der Waals surface area contributed by atoms with Gasteiger partial charge in [-0.2, -0.15) is 0 Å². The van der Waals surface area contributed by atoms with E-state index in [0.29, 0.717) is 10.2 Å². The minimum Gasteiger partial charge on any atom is -0.488 e. The van der Waals surface area contributed by atoms with E-state index in [4.69, 9.17) is 9.47 Å². The van der Waals surface area contributed by atoms with Gasteiger partial charge in [0, 0.05) is 4.43 Å². The van der Waals surface area contributed by atoms with E-state index in [1.165, 1.54) is 0 Å². The van der Waals surface area contributed by atoms with Gasteiger partial charge in [0.2, 0.25) is 0 Å². The first-order valence-corrected chi connectivity index (χ1v) is 9.91. The first-order chi connectivity index (χ1) is 10.6. The van der Waals surface area contributed by atoms with Crippen molar-refractivity contribution in [1.82, 2.24) is 0 Å². The fourth-order valence-corrected chi connectivity index (χ4v) is 2.37. The summed E-state index contributed by atoms with van der Waals surface area (Å²) in [6, 6.07) is 11.6. The molecule has 0 saturated carbocycles. The number of hydrogen-bond donors (Lipinski definition) is 0. The molecule has 0 aliphatic carbocycles. The highest BCUT2D eigenvalue weighted by Crippen LogP contribution is 2.29. The molecule has 0 N–H and O–H groups in total. The monoisotopic (exact) mass is 538 g/mol. The van der Waals surface area contributed by atoms with E-state index in [1.807, 2.05) is 64.1 Å². The predicted molar refractivity (Wildman–Crippen MR) is 111 cm³/mol. The van der Waals surface area contributed by atoms with Crippen molar-refractivity contribution in [2.24, 2.45) is 0 Å². The van der Waals surface area contributed by atoms with Crippen LogP contribution < -0.4 is 9.47 Å². The number of esters is 1. The van der Waals surface area contributed by atoms with Crippen molar-refractivity contribution in [2.45, 2.75) is 36.7 Å². The predicted octanol–water partition coefficient (Wildman–Crippen LogP) is 5.55. The third-order valence-electron chi connectivity index (χ3n) is 3.09. The van der Waals surface area contributed by atoms with Crippen LogP contribution >= 0.6 is 45.2 Å². The molecule has 0 radical (unpaired) electrons. The molecule has 2 aromatic rings. The van der Waals surface area contributed by atoms with Gasteiger partial charge in [0.05, 0.1) is 0 Å². The lowest BCUT2D eigenvalue weighted by Crippen LogP contribution is -2.34. The maximum Gasteiger partial charge on any atom is 0.327 e. The summed E-state index contributed by atoms with van der Waals surface area (Å²) >= 11 is 4.32. The third kappa shape index (κ3) is 5.20. The van der Waals surface area contributed by atoms with Crippen LogP contribution in [-0.4, -0.2) is 19.4 Å². The average molecular weight is 538 g/mol. The van der Waals surface area contributed by atoms with Gasteiger partial charge in [-0.05, 0) is 62.7 Å². The first-order valence-electron chi connectivity index (χ1n) is 7.31. The quantitative estimate of drug-likeness (QED) is 0.222. The topological polar surface area (TPSA) is 35.5 Å². The van der Waals surface area contributed by atoms with Gasteiger partial charge < -0.3 is 9.47 Å². The molecule has 0 bridgehead atoms. The Labute approximate surface area is 164 Å². The molecular weight excluding hydrogens is 518 g/mol. The van der Waals surface area contributed by atoms with E-state index in [2.05, 4.69) is 45.2 Å². The van der Waals surface area contributed by atoms with Gasteiger partial charge >= 0.3 is 5.97 Å². The largest absolute Gasteiger partial charge is 0.488 e. The number of halogens is 2. The molecule has 3 nitrogen and oxygen atoms in total. The summed E-state index contributed by atoms with van der Waals surface area (Å²) in [5.41, 5.74) is -0.229. The van der Waals surface area contributed by atoms with E-state index in [9.17, 15) is 4.79 Å². The molecule has 0 saturated heterocycles. The highest BCUT2D eigenvalue weighted by molar-refractivity contribution is 14.1. The Hall–Kier alpha value is -0.570. The van der Waals surface area contributed by atoms with Crippen LogP contribution in [0.3, 0.4) is 0 Å². The van der Waals surface area contributed by atoms with Crippen molar-refractivity contribution in [2.75, 3.05) is 4.43 Å². The second-order valence-corrected chi connectivity index (χ2v) is 9.75. The van der Waals surface area contributed by atoms with Crippen molar-refractivity contribution in [3.05, 3.63) is 36.4 Å². The average Bonchev–Trinajstić information content (AvgIpc) is 2.45. The van der Waals surface area contributed by atoms with E-state index >= 15 is 0 Å². The molecule has 0 aliphatic heterocycles. The van der Waals surface area contributed by atoms with Gasteiger partial charge in [-0.25, -0.2) is 0 Å². The SMILES string of the molecule is CC(C)(C)Oc1ccc2cc(OC(=O)C(C)(I)CI)ccc2c1. The van der Waals surface area contributed by atoms with E-state index < -0.39 is 3.42 Å². The zero-order valence-electron chi connectivity index (χ0n) is 13.7. The summed E-state index contributed by atoms with van der Waals surface area (Å²) in [4.78, 5) is 12.2. The summed E-state index contributed by atoms with van der Waals surface area (Å²) < 4.78 is 11.6. The lowest BCUT2D eigenvalue weighted by molar-refractivity contribution is -0.135. The number of benzene rings is 2. The van der Waals surface area contributed by atoms with Gasteiger partial charge in [-0.1, -0.05) is 57.3 Å². The Morgan fingerprint density at radius 2 is 1.52 bits per heavy atom. The Morgan fingerprint density at radius 1 is 1.00 bits per heavy atom. The smallest absolute Gasteiger partial charge is 0.327 e. The van der Waals surface area contributed by atoms with Gasteiger partial charge in [0.25, 0.3) is 0 Å². The van der Waals surface area contributed by atoms with Crippen molar-refractivity contribution in [1.29, 1.82) is 0 Å². The van der Waals surface area contributed by atoms with E-state index in [0.717, 1.165) is 16.5 Å². The van der Waals surface area contributed by atoms with Crippen molar-refractivity contribution in [3.63, 3.8) is 0 Å². The number of carbonyl (C=O) groups is 1. The van der Waals surface area contributed by atoms with Crippen LogP contribution in [0.4, 0.5) is 0 Å². The molecule has 1 atom stereocenters. The second-order valence-electron chi connectivity index (χ2n) is 6.61. The summed E-state index contributed by atoms with van der Waals surface area (Å²) in [7, 11) is 0. The highest BCUT2D eigenvalue weighted by Gasteiger charge is 2.30. The summed E-state index contributed by atoms with van der Waals surface area (Å²) in [5.74, 6) is 1.18. The molecule has 0 aliphatic rings. The molecule has 0 heterocycles. The van der Waals surface area contributed by atoms with Gasteiger partial charge in [0.1, 0.15) is 20.5 Å². The minimum absolute atomic E-state index is 0.223. The Morgan fingerprint density at radius 3 is 2.04 bits per heavy atom. The Bertz CT molecular complexity index is 718. The van der Waals surface area contributed by atoms with Crippen LogP contribution in [0.1, 0.15) is 27.7 Å². The molecule has 1 unspecified atom stereocenters. The molecule has 2 aromatic carbocycles. The molecule has 0 spiro atoms. The number of rotatable bonds is 4. The fourth-order valence-electron chi connectivity index (χ4n) is 1.95. The third-order valence-corrected chi connectivity index (χ3v) is 6.90. The number of hydrogen-bond acceptors (Lipinski definition) is 3. The molecule has 0 amide bonds. The lowest BCUT2D eigenvalue weighted by Gasteiger charge is -2.21. The van der Waals surface area contributed by atoms with Crippen molar-refractivity contribution in [3.8, 4) is 11.5 Å². The number of ether oxygens (including phenoxy) is 2. The number of fused-ring (bicyclic) bond motifs is 1. The highest BCUT2D eigenvalue weighted by atomic mass is 127. The van der Waals surface area contributed by atoms with Crippen molar-refractivity contribution >= 4 is 61.9 Å². The number of alkyl halides is 2. The van der Waals surface area contributed by atoms with Gasteiger partial charge in [0.15, 0.2) is 0 Å². The summed E-state index contributed by atoms with van der Waals surface area (Å²) in [5, 5.41) is 2.07. The van der Waals surface area contributed by atoms with Crippen LogP contribution in [0.2, 0.25) is 0 Å². The van der Waals surface area contributed by atoms with E-state index in [1.54, 1.807) is 0 Å². The van der Waals surface area contributed by atoms with Gasteiger partial charge in [-0.15, -0.1) is 0 Å². The molecule has 124 valence electrons. The van der Waals surface area contributed by atoms with Crippen LogP contribution in [0, 0.1) is 0 Å². The van der Waals surface area contributed by atoms with Crippen LogP contribution in [0.5, 0.6) is 11.5 Å². The fraction of sp³-hybridized carbons (Fsp3) is 0.389. The van der Waals surface area contributed by atoms with Crippen LogP contribution in [-0.2, 0) is 4.79 Å². The van der Waals surface area contributed by atoms with Gasteiger partial charge in [-0.3, -0.25) is 4.79 Å². The lowest BCUT2D eigenvalue weighted by atomic mass is 10.1. The zero-order valence-corrected chi connectivity index (χ0v) is 18.0. The van der Waals surface area contributed by atoms with Crippen LogP contribution in [0.15, 0.2) is 36.4 Å². The standard InChI is InChI=1S/C18H20I2O3/c1-17(2,3)23-15-8-6-12-9-14(7-5-13(12)10-15)22-16(21)18(4,20)11-19/h5-10H,11H2,1-4H3. The van der Waals surface area contributed by atoms with Crippen molar-refractivity contribution < 1.29 is 14.3 Å². The normalized spacial score (nSPS) is 14.3. The molecule has 5 heteroatoms. The number of carbonyl (C=O) groups excluding carboxylic acids is 1. The second kappa shape index (κ2) is 7.13. The molecule has 0 fully saturated rings. The Kier molecular flexibility index (Phi) is 5.81. The maximum absolute atomic E-state index is 12.2. The first kappa shape index (κ1) is 18.8. The minimum atomic E-state index is -0.516. The molecule has 23 heavy (non-hydrogen) atoms. The molecule has 0 aromatic heterocycles. The maximum atomic E-state index is 12.2. The van der Waals surface area contributed by atoms with Crippen LogP contribution in [0.25, 0.3) is 10.8 Å². The molecular formula is C18H20I2O3. The van der Waals surface area contributed by atoms with E-state index in [-0.39, 0.29) is 11.6 Å².